The van der Waals surface area contributed by atoms with E-state index in [4.69, 9.17) is 4.42 Å². The summed E-state index contributed by atoms with van der Waals surface area (Å²) in [6.45, 7) is 2.22. The smallest absolute Gasteiger partial charge is 0.135 e. The Kier molecular flexibility index (Phi) is 2.60. The van der Waals surface area contributed by atoms with Gasteiger partial charge in [-0.3, -0.25) is 0 Å². The van der Waals surface area contributed by atoms with E-state index >= 15 is 0 Å². The summed E-state index contributed by atoms with van der Waals surface area (Å²) in [6.07, 6.45) is 3.62. The zero-order valence-electron chi connectivity index (χ0n) is 10.1. The molecule has 17 heavy (non-hydrogen) atoms. The molecule has 0 bridgehead atoms. The van der Waals surface area contributed by atoms with E-state index in [9.17, 15) is 0 Å². The van der Waals surface area contributed by atoms with E-state index in [-0.39, 0.29) is 0 Å². The first kappa shape index (κ1) is 10.4. The molecular weight excluding hydrogens is 208 g/mol. The predicted molar refractivity (Wildman–Crippen MR) is 72.3 cm³/mol. The van der Waals surface area contributed by atoms with Crippen LogP contribution in [0.2, 0.25) is 0 Å². The van der Waals surface area contributed by atoms with E-state index in [1.54, 1.807) is 0 Å². The van der Waals surface area contributed by atoms with Crippen molar-refractivity contribution in [1.82, 2.24) is 0 Å². The number of hydrogen-bond donors (Lipinski definition) is 0. The van der Waals surface area contributed by atoms with Crippen LogP contribution in [0.1, 0.15) is 25.3 Å². The van der Waals surface area contributed by atoms with E-state index in [2.05, 4.69) is 37.3 Å². The van der Waals surface area contributed by atoms with E-state index in [1.165, 1.54) is 29.2 Å². The first-order chi connectivity index (χ1) is 8.38. The van der Waals surface area contributed by atoms with Crippen LogP contribution in [0.5, 0.6) is 0 Å². The Bertz CT molecular complexity index is 649. The van der Waals surface area contributed by atoms with Crippen LogP contribution in [0, 0.1) is 0 Å². The van der Waals surface area contributed by atoms with Gasteiger partial charge in [0.2, 0.25) is 0 Å². The van der Waals surface area contributed by atoms with Crippen molar-refractivity contribution in [3.05, 3.63) is 48.0 Å². The fourth-order valence-corrected chi connectivity index (χ4v) is 2.31. The molecule has 0 saturated carbocycles. The fourth-order valence-electron chi connectivity index (χ4n) is 2.31. The molecule has 0 saturated heterocycles. The third kappa shape index (κ3) is 1.82. The molecule has 0 aliphatic heterocycles. The van der Waals surface area contributed by atoms with Crippen LogP contribution in [0.4, 0.5) is 0 Å². The van der Waals surface area contributed by atoms with Crippen LogP contribution in [-0.4, -0.2) is 0 Å². The third-order valence-corrected chi connectivity index (χ3v) is 3.26. The van der Waals surface area contributed by atoms with Crippen molar-refractivity contribution in [3.8, 4) is 0 Å². The summed E-state index contributed by atoms with van der Waals surface area (Å²) in [4.78, 5) is 0. The number of fused-ring (bicyclic) bond motifs is 3. The van der Waals surface area contributed by atoms with Crippen LogP contribution in [0.3, 0.4) is 0 Å². The highest BCUT2D eigenvalue weighted by atomic mass is 16.3. The number of hydrogen-bond acceptors (Lipinski definition) is 1. The third-order valence-electron chi connectivity index (χ3n) is 3.26. The summed E-state index contributed by atoms with van der Waals surface area (Å²) >= 11 is 0. The molecule has 0 spiro atoms. The normalized spacial score (nSPS) is 11.4. The molecule has 0 aliphatic carbocycles. The van der Waals surface area contributed by atoms with Gasteiger partial charge in [0.25, 0.3) is 0 Å². The highest BCUT2D eigenvalue weighted by Gasteiger charge is 2.06. The molecule has 1 aromatic heterocycles. The minimum absolute atomic E-state index is 0.982. The van der Waals surface area contributed by atoms with Crippen LogP contribution in [-0.2, 0) is 6.42 Å². The van der Waals surface area contributed by atoms with Gasteiger partial charge in [0.15, 0.2) is 0 Å². The van der Waals surface area contributed by atoms with E-state index in [0.717, 1.165) is 17.6 Å². The lowest BCUT2D eigenvalue weighted by molar-refractivity contribution is 0.667. The molecule has 3 aromatic rings. The molecule has 0 amide bonds. The molecule has 0 fully saturated rings. The Morgan fingerprint density at radius 3 is 2.65 bits per heavy atom. The number of furan rings is 1. The van der Waals surface area contributed by atoms with Gasteiger partial charge in [-0.05, 0) is 30.5 Å². The molecule has 1 heteroatoms. The van der Waals surface area contributed by atoms with Gasteiger partial charge in [-0.25, -0.2) is 0 Å². The molecule has 0 atom stereocenters. The highest BCUT2D eigenvalue weighted by Crippen LogP contribution is 2.29. The Labute approximate surface area is 101 Å². The maximum absolute atomic E-state index is 5.87. The largest absolute Gasteiger partial charge is 0.456 e. The maximum Gasteiger partial charge on any atom is 0.135 e. The van der Waals surface area contributed by atoms with Crippen LogP contribution in [0.15, 0.2) is 46.9 Å². The van der Waals surface area contributed by atoms with Crippen LogP contribution < -0.4 is 0 Å². The second-order valence-corrected chi connectivity index (χ2v) is 4.53. The van der Waals surface area contributed by atoms with Gasteiger partial charge in [-0.1, -0.05) is 43.7 Å². The van der Waals surface area contributed by atoms with Gasteiger partial charge >= 0.3 is 0 Å². The molecule has 1 heterocycles. The van der Waals surface area contributed by atoms with Gasteiger partial charge in [-0.2, -0.15) is 0 Å². The molecule has 3 rings (SSSR count). The average molecular weight is 224 g/mol. The molecule has 86 valence electrons. The fraction of sp³-hybridized carbons (Fsp3) is 0.250. The molecule has 0 radical (unpaired) electrons. The predicted octanol–water partition coefficient (Wildman–Crippen LogP) is 4.93. The van der Waals surface area contributed by atoms with Crippen molar-refractivity contribution in [1.29, 1.82) is 0 Å². The second kappa shape index (κ2) is 4.25. The summed E-state index contributed by atoms with van der Waals surface area (Å²) < 4.78 is 5.87. The first-order valence-electron chi connectivity index (χ1n) is 6.28. The number of rotatable bonds is 3. The minimum Gasteiger partial charge on any atom is -0.456 e. The van der Waals surface area contributed by atoms with E-state index in [0.29, 0.717) is 0 Å². The number of para-hydroxylation sites is 1. The minimum atomic E-state index is 0.982. The Balaban J connectivity index is 2.13. The lowest BCUT2D eigenvalue weighted by Gasteiger charge is -1.98. The average Bonchev–Trinajstić information content (AvgIpc) is 2.74. The van der Waals surface area contributed by atoms with Crippen molar-refractivity contribution in [3.63, 3.8) is 0 Å². The number of benzene rings is 2. The molecule has 1 nitrogen and oxygen atoms in total. The topological polar surface area (TPSA) is 13.1 Å². The summed E-state index contributed by atoms with van der Waals surface area (Å²) in [5.74, 6) is 0. The summed E-state index contributed by atoms with van der Waals surface area (Å²) in [5.41, 5.74) is 3.37. The SMILES string of the molecule is CCCCc1ccc2c(c1)oc1ccccc12. The monoisotopic (exact) mass is 224 g/mol. The standard InChI is InChI=1S/C16H16O/c1-2-3-6-12-9-10-14-13-7-4-5-8-15(13)17-16(14)11-12/h4-5,7-11H,2-3,6H2,1H3. The molecule has 2 aromatic carbocycles. The lowest BCUT2D eigenvalue weighted by atomic mass is 10.1. The van der Waals surface area contributed by atoms with Crippen molar-refractivity contribution in [2.75, 3.05) is 0 Å². The van der Waals surface area contributed by atoms with Gasteiger partial charge in [-0.15, -0.1) is 0 Å². The van der Waals surface area contributed by atoms with Gasteiger partial charge < -0.3 is 4.42 Å². The van der Waals surface area contributed by atoms with E-state index < -0.39 is 0 Å². The lowest BCUT2D eigenvalue weighted by Crippen LogP contribution is -1.83. The molecule has 0 N–H and O–H groups in total. The second-order valence-electron chi connectivity index (χ2n) is 4.53. The van der Waals surface area contributed by atoms with Crippen LogP contribution in [0.25, 0.3) is 21.9 Å². The van der Waals surface area contributed by atoms with E-state index in [1.807, 2.05) is 12.1 Å². The quantitative estimate of drug-likeness (QED) is 0.615. The Morgan fingerprint density at radius 2 is 1.76 bits per heavy atom. The molecular formula is C16H16O. The number of unbranched alkanes of at least 4 members (excludes halogenated alkanes) is 1. The maximum atomic E-state index is 5.87. The van der Waals surface area contributed by atoms with Crippen molar-refractivity contribution >= 4 is 21.9 Å². The summed E-state index contributed by atoms with van der Waals surface area (Å²) in [6, 6.07) is 14.8. The summed E-state index contributed by atoms with van der Waals surface area (Å²) in [7, 11) is 0. The molecule has 0 unspecified atom stereocenters. The number of aryl methyl sites for hydroxylation is 1. The first-order valence-corrected chi connectivity index (χ1v) is 6.28. The Morgan fingerprint density at radius 1 is 0.941 bits per heavy atom. The Hall–Kier alpha value is -1.76. The van der Waals surface area contributed by atoms with Crippen molar-refractivity contribution in [2.45, 2.75) is 26.2 Å². The highest BCUT2D eigenvalue weighted by molar-refractivity contribution is 6.04. The van der Waals surface area contributed by atoms with Crippen molar-refractivity contribution < 1.29 is 4.42 Å². The zero-order chi connectivity index (χ0) is 11.7. The summed E-state index contributed by atoms with van der Waals surface area (Å²) in [5, 5.41) is 2.44. The van der Waals surface area contributed by atoms with Crippen LogP contribution >= 0.6 is 0 Å². The van der Waals surface area contributed by atoms with Gasteiger partial charge in [0, 0.05) is 10.8 Å². The van der Waals surface area contributed by atoms with Crippen molar-refractivity contribution in [2.24, 2.45) is 0 Å². The molecule has 0 aliphatic rings. The zero-order valence-corrected chi connectivity index (χ0v) is 10.1. The van der Waals surface area contributed by atoms with Gasteiger partial charge in [0.1, 0.15) is 11.2 Å². The van der Waals surface area contributed by atoms with Gasteiger partial charge in [0.05, 0.1) is 0 Å².